The van der Waals surface area contributed by atoms with E-state index < -0.39 is 11.8 Å². The predicted octanol–water partition coefficient (Wildman–Crippen LogP) is 5.49. The molecule has 0 spiro atoms. The number of nitrogens with zero attached hydrogens (tertiary/aromatic N) is 2. The number of halogens is 3. The number of aryl methyl sites for hydroxylation is 1. The molecule has 0 radical (unpaired) electrons. The van der Waals surface area contributed by atoms with E-state index in [0.717, 1.165) is 12.1 Å². The molecule has 1 heterocycles. The standard InChI is InChI=1S/C19H15Cl2FN2O2/c1-2-5-12-10-18(26-19(25)14-6-3-4-7-17(14)22)24(23-12)13-8-9-15(20)16(21)11-13/h3-4,6-11H,2,5H2,1H3. The number of benzene rings is 2. The first kappa shape index (κ1) is 18.4. The third-order valence-electron chi connectivity index (χ3n) is 3.67. The van der Waals surface area contributed by atoms with Gasteiger partial charge in [-0.3, -0.25) is 0 Å². The van der Waals surface area contributed by atoms with Crippen molar-refractivity contribution in [2.45, 2.75) is 19.8 Å². The molecule has 0 aliphatic rings. The fraction of sp³-hybridized carbons (Fsp3) is 0.158. The third-order valence-corrected chi connectivity index (χ3v) is 4.41. The smallest absolute Gasteiger partial charge is 0.347 e. The molecule has 26 heavy (non-hydrogen) atoms. The average Bonchev–Trinajstić information content (AvgIpc) is 3.00. The number of carbonyl (C=O) groups is 1. The summed E-state index contributed by atoms with van der Waals surface area (Å²) >= 11 is 12.0. The first-order chi connectivity index (χ1) is 12.5. The summed E-state index contributed by atoms with van der Waals surface area (Å²) in [4.78, 5) is 12.4. The second kappa shape index (κ2) is 7.89. The van der Waals surface area contributed by atoms with E-state index in [-0.39, 0.29) is 11.4 Å². The molecule has 4 nitrogen and oxygen atoms in total. The summed E-state index contributed by atoms with van der Waals surface area (Å²) in [5.41, 5.74) is 1.18. The van der Waals surface area contributed by atoms with Gasteiger partial charge in [0.1, 0.15) is 5.82 Å². The van der Waals surface area contributed by atoms with Crippen molar-refractivity contribution in [2.24, 2.45) is 0 Å². The van der Waals surface area contributed by atoms with E-state index in [1.165, 1.54) is 22.9 Å². The fourth-order valence-electron chi connectivity index (χ4n) is 2.44. The van der Waals surface area contributed by atoms with Crippen LogP contribution in [0.1, 0.15) is 29.4 Å². The monoisotopic (exact) mass is 392 g/mol. The summed E-state index contributed by atoms with van der Waals surface area (Å²) in [6, 6.07) is 12.3. The molecule has 3 rings (SSSR count). The molecule has 0 aliphatic heterocycles. The van der Waals surface area contributed by atoms with E-state index in [4.69, 9.17) is 27.9 Å². The molecule has 0 unspecified atom stereocenters. The Morgan fingerprint density at radius 3 is 2.62 bits per heavy atom. The molecular formula is C19H15Cl2FN2O2. The van der Waals surface area contributed by atoms with Crippen molar-refractivity contribution in [3.63, 3.8) is 0 Å². The molecule has 2 aromatic carbocycles. The Labute approximate surface area is 160 Å². The maximum absolute atomic E-state index is 13.8. The lowest BCUT2D eigenvalue weighted by Gasteiger charge is -2.09. The van der Waals surface area contributed by atoms with Gasteiger partial charge in [0.25, 0.3) is 0 Å². The van der Waals surface area contributed by atoms with Crippen molar-refractivity contribution in [3.05, 3.63) is 75.7 Å². The topological polar surface area (TPSA) is 44.1 Å². The first-order valence-corrected chi connectivity index (χ1v) is 8.76. The van der Waals surface area contributed by atoms with Gasteiger partial charge in [-0.15, -0.1) is 0 Å². The molecule has 3 aromatic rings. The SMILES string of the molecule is CCCc1cc(OC(=O)c2ccccc2F)n(-c2ccc(Cl)c(Cl)c2)n1. The number of rotatable bonds is 5. The van der Waals surface area contributed by atoms with Crippen LogP contribution < -0.4 is 4.74 Å². The number of esters is 1. The van der Waals surface area contributed by atoms with Gasteiger partial charge < -0.3 is 4.74 Å². The summed E-state index contributed by atoms with van der Waals surface area (Å²) in [7, 11) is 0. The van der Waals surface area contributed by atoms with Crippen LogP contribution in [0.15, 0.2) is 48.5 Å². The molecule has 7 heteroatoms. The van der Waals surface area contributed by atoms with Crippen LogP contribution in [0.3, 0.4) is 0 Å². The number of hydrogen-bond donors (Lipinski definition) is 0. The zero-order valence-corrected chi connectivity index (χ0v) is 15.4. The van der Waals surface area contributed by atoms with Crippen LogP contribution in [0.4, 0.5) is 4.39 Å². The number of carbonyl (C=O) groups excluding carboxylic acids is 1. The van der Waals surface area contributed by atoms with Crippen molar-refractivity contribution in [1.29, 1.82) is 0 Å². The van der Waals surface area contributed by atoms with Crippen molar-refractivity contribution in [3.8, 4) is 11.6 Å². The Morgan fingerprint density at radius 2 is 1.92 bits per heavy atom. The van der Waals surface area contributed by atoms with Crippen LogP contribution in [0.2, 0.25) is 10.0 Å². The maximum Gasteiger partial charge on any atom is 0.347 e. The molecule has 0 N–H and O–H groups in total. The van der Waals surface area contributed by atoms with Gasteiger partial charge in [-0.05, 0) is 36.8 Å². The highest BCUT2D eigenvalue weighted by Crippen LogP contribution is 2.28. The molecule has 0 bridgehead atoms. The van der Waals surface area contributed by atoms with E-state index in [2.05, 4.69) is 5.10 Å². The van der Waals surface area contributed by atoms with Crippen LogP contribution in [0.25, 0.3) is 5.69 Å². The summed E-state index contributed by atoms with van der Waals surface area (Å²) in [6.45, 7) is 2.02. The summed E-state index contributed by atoms with van der Waals surface area (Å²) < 4.78 is 20.7. The van der Waals surface area contributed by atoms with Crippen molar-refractivity contribution < 1.29 is 13.9 Å². The van der Waals surface area contributed by atoms with Gasteiger partial charge in [-0.1, -0.05) is 48.7 Å². The van der Waals surface area contributed by atoms with Crippen LogP contribution in [-0.4, -0.2) is 15.7 Å². The van der Waals surface area contributed by atoms with Crippen molar-refractivity contribution in [2.75, 3.05) is 0 Å². The molecular weight excluding hydrogens is 378 g/mol. The van der Waals surface area contributed by atoms with Gasteiger partial charge in [0.15, 0.2) is 0 Å². The lowest BCUT2D eigenvalue weighted by molar-refractivity contribution is 0.0718. The average molecular weight is 393 g/mol. The Balaban J connectivity index is 1.99. The van der Waals surface area contributed by atoms with Crippen LogP contribution in [-0.2, 0) is 6.42 Å². The lowest BCUT2D eigenvalue weighted by atomic mass is 10.2. The lowest BCUT2D eigenvalue weighted by Crippen LogP contribution is -2.13. The van der Waals surface area contributed by atoms with Crippen LogP contribution in [0, 0.1) is 5.82 Å². The highest BCUT2D eigenvalue weighted by Gasteiger charge is 2.18. The van der Waals surface area contributed by atoms with Crippen LogP contribution >= 0.6 is 23.2 Å². The number of ether oxygens (including phenoxy) is 1. The van der Waals surface area contributed by atoms with E-state index in [1.54, 1.807) is 30.3 Å². The van der Waals surface area contributed by atoms with Gasteiger partial charge in [0.05, 0.1) is 27.0 Å². The Hall–Kier alpha value is -2.37. The Kier molecular flexibility index (Phi) is 5.59. The predicted molar refractivity (Wildman–Crippen MR) is 98.9 cm³/mol. The van der Waals surface area contributed by atoms with Crippen molar-refractivity contribution in [1.82, 2.24) is 9.78 Å². The highest BCUT2D eigenvalue weighted by atomic mass is 35.5. The number of aromatic nitrogens is 2. The van der Waals surface area contributed by atoms with Gasteiger partial charge in [0.2, 0.25) is 5.88 Å². The molecule has 0 amide bonds. The minimum atomic E-state index is -0.799. The molecule has 0 aliphatic carbocycles. The Bertz CT molecular complexity index is 956. The zero-order valence-electron chi connectivity index (χ0n) is 13.9. The summed E-state index contributed by atoms with van der Waals surface area (Å²) in [6.07, 6.45) is 1.58. The van der Waals surface area contributed by atoms with Gasteiger partial charge in [-0.25, -0.2) is 13.9 Å². The zero-order chi connectivity index (χ0) is 18.7. The fourth-order valence-corrected chi connectivity index (χ4v) is 2.73. The van der Waals surface area contributed by atoms with Gasteiger partial charge in [0, 0.05) is 6.07 Å². The molecule has 134 valence electrons. The van der Waals surface area contributed by atoms with Crippen LogP contribution in [0.5, 0.6) is 5.88 Å². The largest absolute Gasteiger partial charge is 0.404 e. The van der Waals surface area contributed by atoms with Crippen molar-refractivity contribution >= 4 is 29.2 Å². The molecule has 0 saturated heterocycles. The molecule has 0 fully saturated rings. The van der Waals surface area contributed by atoms with Gasteiger partial charge >= 0.3 is 5.97 Å². The van der Waals surface area contributed by atoms with E-state index in [9.17, 15) is 9.18 Å². The first-order valence-electron chi connectivity index (χ1n) is 8.00. The van der Waals surface area contributed by atoms with E-state index >= 15 is 0 Å². The second-order valence-corrected chi connectivity index (χ2v) is 6.42. The molecule has 1 aromatic heterocycles. The molecule has 0 atom stereocenters. The normalized spacial score (nSPS) is 10.8. The molecule has 0 saturated carbocycles. The Morgan fingerprint density at radius 1 is 1.15 bits per heavy atom. The summed E-state index contributed by atoms with van der Waals surface area (Å²) in [5, 5.41) is 5.21. The number of hydrogen-bond acceptors (Lipinski definition) is 3. The van der Waals surface area contributed by atoms with E-state index in [0.29, 0.717) is 22.2 Å². The minimum absolute atomic E-state index is 0.147. The quantitative estimate of drug-likeness (QED) is 0.539. The second-order valence-electron chi connectivity index (χ2n) is 5.60. The van der Waals surface area contributed by atoms with E-state index in [1.807, 2.05) is 6.92 Å². The third kappa shape index (κ3) is 3.89. The maximum atomic E-state index is 13.8. The minimum Gasteiger partial charge on any atom is -0.404 e. The van der Waals surface area contributed by atoms with Gasteiger partial charge in [-0.2, -0.15) is 5.10 Å². The summed E-state index contributed by atoms with van der Waals surface area (Å²) in [5.74, 6) is -1.26. The highest BCUT2D eigenvalue weighted by molar-refractivity contribution is 6.42.